The number of rotatable bonds is 13. The number of unbranched alkanes of at least 4 members (excludes halogenated alkanes) is 6. The maximum Gasteiger partial charge on any atom is -0.0134 e. The lowest BCUT2D eigenvalue weighted by Crippen LogP contribution is -2.13. The van der Waals surface area contributed by atoms with Gasteiger partial charge in [0.2, 0.25) is 0 Å². The molecule has 2 unspecified atom stereocenters. The van der Waals surface area contributed by atoms with E-state index in [4.69, 9.17) is 0 Å². The first-order valence-corrected chi connectivity index (χ1v) is 10.3. The van der Waals surface area contributed by atoms with Crippen molar-refractivity contribution in [1.82, 2.24) is 0 Å². The number of aryl methyl sites for hydroxylation is 1. The van der Waals surface area contributed by atoms with E-state index in [0.29, 0.717) is 0 Å². The second kappa shape index (κ2) is 14.6. The third-order valence-corrected chi connectivity index (χ3v) is 5.40. The van der Waals surface area contributed by atoms with Crippen LogP contribution in [0.2, 0.25) is 0 Å². The summed E-state index contributed by atoms with van der Waals surface area (Å²) in [6, 6.07) is 9.40. The fourth-order valence-electron chi connectivity index (χ4n) is 3.80. The van der Waals surface area contributed by atoms with Gasteiger partial charge in [0.05, 0.1) is 0 Å². The van der Waals surface area contributed by atoms with Crippen LogP contribution in [0.15, 0.2) is 24.3 Å². The van der Waals surface area contributed by atoms with Gasteiger partial charge in [0, 0.05) is 0 Å². The molecule has 2 atom stereocenters. The molecule has 0 spiro atoms. The van der Waals surface area contributed by atoms with Crippen LogP contribution in [0.25, 0.3) is 0 Å². The van der Waals surface area contributed by atoms with E-state index >= 15 is 0 Å². The molecule has 0 nitrogen and oxygen atoms in total. The molecular weight excluding hydrogens is 288 g/mol. The Morgan fingerprint density at radius 2 is 1.25 bits per heavy atom. The lowest BCUT2D eigenvalue weighted by atomic mass is 9.78. The molecule has 24 heavy (non-hydrogen) atoms. The molecule has 0 N–H and O–H groups in total. The van der Waals surface area contributed by atoms with Crippen LogP contribution >= 0.6 is 0 Å². The van der Waals surface area contributed by atoms with E-state index in [1.54, 1.807) is 5.56 Å². The Morgan fingerprint density at radius 3 is 1.83 bits per heavy atom. The van der Waals surface area contributed by atoms with Crippen LogP contribution in [0, 0.1) is 12.8 Å². The zero-order valence-corrected chi connectivity index (χ0v) is 16.2. The molecule has 1 aromatic rings. The highest BCUT2D eigenvalue weighted by molar-refractivity contribution is 5.25. The monoisotopic (exact) mass is 332 g/mol. The molecule has 0 heterocycles. The standard InChI is InChI=1S/C23H40.CH4/c1-5-8-10-11-13-15-23(21(7-3)14-12-9-6-2)22-18-16-20(4)17-19-22;/h16-19,21,23H,5-15H2,1-4H3;1H4. The van der Waals surface area contributed by atoms with Crippen LogP contribution in [-0.4, -0.2) is 0 Å². The highest BCUT2D eigenvalue weighted by Crippen LogP contribution is 2.35. The van der Waals surface area contributed by atoms with Crippen molar-refractivity contribution < 1.29 is 0 Å². The second-order valence-electron chi connectivity index (χ2n) is 7.38. The molecule has 0 aliphatic carbocycles. The van der Waals surface area contributed by atoms with Crippen molar-refractivity contribution in [3.05, 3.63) is 35.4 Å². The van der Waals surface area contributed by atoms with Crippen LogP contribution in [0.1, 0.15) is 116 Å². The molecule has 0 saturated carbocycles. The van der Waals surface area contributed by atoms with E-state index in [-0.39, 0.29) is 7.43 Å². The van der Waals surface area contributed by atoms with E-state index in [1.807, 2.05) is 0 Å². The molecule has 0 heteroatoms. The van der Waals surface area contributed by atoms with Crippen molar-refractivity contribution in [2.75, 3.05) is 0 Å². The van der Waals surface area contributed by atoms with Gasteiger partial charge in [-0.15, -0.1) is 0 Å². The summed E-state index contributed by atoms with van der Waals surface area (Å²) in [6.07, 6.45) is 15.3. The largest absolute Gasteiger partial charge is 0.0776 e. The molecule has 0 amide bonds. The minimum Gasteiger partial charge on any atom is -0.0776 e. The van der Waals surface area contributed by atoms with Gasteiger partial charge in [-0.25, -0.2) is 0 Å². The molecular formula is C24H44. The number of benzene rings is 1. The second-order valence-corrected chi connectivity index (χ2v) is 7.38. The Morgan fingerprint density at radius 1 is 0.708 bits per heavy atom. The third kappa shape index (κ3) is 8.90. The summed E-state index contributed by atoms with van der Waals surface area (Å²) in [5.41, 5.74) is 2.98. The van der Waals surface area contributed by atoms with Gasteiger partial charge in [-0.05, 0) is 37.2 Å². The minimum absolute atomic E-state index is 0. The third-order valence-electron chi connectivity index (χ3n) is 5.40. The molecule has 0 saturated heterocycles. The molecule has 0 fully saturated rings. The van der Waals surface area contributed by atoms with Crippen LogP contribution in [-0.2, 0) is 0 Å². The van der Waals surface area contributed by atoms with E-state index in [2.05, 4.69) is 52.0 Å². The average molecular weight is 333 g/mol. The first-order chi connectivity index (χ1) is 11.2. The van der Waals surface area contributed by atoms with E-state index in [0.717, 1.165) is 11.8 Å². The SMILES string of the molecule is C.CCCCCCCC(c1ccc(C)cc1)C(CC)CCCCC. The summed E-state index contributed by atoms with van der Waals surface area (Å²) in [4.78, 5) is 0. The van der Waals surface area contributed by atoms with Crippen LogP contribution < -0.4 is 0 Å². The lowest BCUT2D eigenvalue weighted by Gasteiger charge is -2.27. The Hall–Kier alpha value is -0.780. The molecule has 0 aliphatic rings. The first kappa shape index (κ1) is 23.2. The minimum atomic E-state index is 0. The van der Waals surface area contributed by atoms with Crippen molar-refractivity contribution in [2.24, 2.45) is 5.92 Å². The first-order valence-electron chi connectivity index (χ1n) is 10.3. The number of hydrogen-bond acceptors (Lipinski definition) is 0. The smallest absolute Gasteiger partial charge is 0.0134 e. The molecule has 1 rings (SSSR count). The maximum absolute atomic E-state index is 2.40. The predicted octanol–water partition coefficient (Wildman–Crippen LogP) is 8.68. The fourth-order valence-corrected chi connectivity index (χ4v) is 3.80. The summed E-state index contributed by atoms with van der Waals surface area (Å²) in [5.74, 6) is 1.65. The molecule has 0 aromatic heterocycles. The van der Waals surface area contributed by atoms with E-state index in [1.165, 1.54) is 76.2 Å². The lowest BCUT2D eigenvalue weighted by molar-refractivity contribution is 0.344. The summed E-state index contributed by atoms with van der Waals surface area (Å²) in [5, 5.41) is 0. The van der Waals surface area contributed by atoms with Crippen LogP contribution in [0.3, 0.4) is 0 Å². The van der Waals surface area contributed by atoms with Gasteiger partial charge in [-0.3, -0.25) is 0 Å². The van der Waals surface area contributed by atoms with Crippen molar-refractivity contribution in [3.8, 4) is 0 Å². The zero-order valence-electron chi connectivity index (χ0n) is 16.2. The van der Waals surface area contributed by atoms with Crippen molar-refractivity contribution in [1.29, 1.82) is 0 Å². The topological polar surface area (TPSA) is 0 Å². The van der Waals surface area contributed by atoms with Gasteiger partial charge in [-0.2, -0.15) is 0 Å². The quantitative estimate of drug-likeness (QED) is 0.317. The van der Waals surface area contributed by atoms with E-state index < -0.39 is 0 Å². The summed E-state index contributed by atoms with van der Waals surface area (Å²) >= 11 is 0. The Balaban J connectivity index is 0.00000529. The summed E-state index contributed by atoms with van der Waals surface area (Å²) in [6.45, 7) is 9.21. The van der Waals surface area contributed by atoms with Crippen molar-refractivity contribution >= 4 is 0 Å². The van der Waals surface area contributed by atoms with Crippen molar-refractivity contribution in [2.45, 2.75) is 112 Å². The Labute approximate surface area is 153 Å². The van der Waals surface area contributed by atoms with Gasteiger partial charge in [0.25, 0.3) is 0 Å². The molecule has 1 aromatic carbocycles. The van der Waals surface area contributed by atoms with Gasteiger partial charge < -0.3 is 0 Å². The highest BCUT2D eigenvalue weighted by Gasteiger charge is 2.21. The maximum atomic E-state index is 2.40. The Kier molecular flexibility index (Phi) is 14.1. The van der Waals surface area contributed by atoms with Crippen LogP contribution in [0.4, 0.5) is 0 Å². The number of hydrogen-bond donors (Lipinski definition) is 0. The van der Waals surface area contributed by atoms with Gasteiger partial charge in [0.1, 0.15) is 0 Å². The molecule has 0 bridgehead atoms. The highest BCUT2D eigenvalue weighted by atomic mass is 14.3. The molecule has 140 valence electrons. The molecule has 0 aliphatic heterocycles. The average Bonchev–Trinajstić information content (AvgIpc) is 2.57. The molecule has 0 radical (unpaired) electrons. The van der Waals surface area contributed by atoms with Crippen molar-refractivity contribution in [3.63, 3.8) is 0 Å². The zero-order chi connectivity index (χ0) is 16.9. The van der Waals surface area contributed by atoms with E-state index in [9.17, 15) is 0 Å². The van der Waals surface area contributed by atoms with Gasteiger partial charge >= 0.3 is 0 Å². The summed E-state index contributed by atoms with van der Waals surface area (Å²) in [7, 11) is 0. The van der Waals surface area contributed by atoms with Gasteiger partial charge in [-0.1, -0.05) is 116 Å². The Bertz CT molecular complexity index is 376. The van der Waals surface area contributed by atoms with Crippen LogP contribution in [0.5, 0.6) is 0 Å². The van der Waals surface area contributed by atoms with Gasteiger partial charge in [0.15, 0.2) is 0 Å². The predicted molar refractivity (Wildman–Crippen MR) is 112 cm³/mol. The summed E-state index contributed by atoms with van der Waals surface area (Å²) < 4.78 is 0. The fraction of sp³-hybridized carbons (Fsp3) is 0.750. The normalized spacial score (nSPS) is 13.3.